The summed E-state index contributed by atoms with van der Waals surface area (Å²) in [4.78, 5) is 11.7. The second-order valence-electron chi connectivity index (χ2n) is 5.49. The summed E-state index contributed by atoms with van der Waals surface area (Å²) >= 11 is 0. The summed E-state index contributed by atoms with van der Waals surface area (Å²) in [6, 6.07) is 1.48. The van der Waals surface area contributed by atoms with Crippen LogP contribution >= 0.6 is 0 Å². The Balaban J connectivity index is 2.72. The van der Waals surface area contributed by atoms with Crippen molar-refractivity contribution in [1.82, 2.24) is 9.78 Å². The van der Waals surface area contributed by atoms with Crippen LogP contribution in [0.25, 0.3) is 5.69 Å². The molecule has 0 saturated heterocycles. The van der Waals surface area contributed by atoms with Gasteiger partial charge in [-0.2, -0.15) is 23.5 Å². The topological polar surface area (TPSA) is 79.9 Å². The predicted molar refractivity (Wildman–Crippen MR) is 78.4 cm³/mol. The van der Waals surface area contributed by atoms with E-state index in [2.05, 4.69) is 5.10 Å². The van der Waals surface area contributed by atoms with Gasteiger partial charge in [0, 0.05) is 0 Å². The molecular weight excluding hydrogens is 401 g/mol. The Kier molecular flexibility index (Phi) is 5.53. The van der Waals surface area contributed by atoms with Crippen molar-refractivity contribution >= 4 is 11.9 Å². The fraction of sp³-hybridized carbons (Fsp3) is 0.267. The normalized spacial score (nSPS) is 11.5. The molecule has 0 saturated carbocycles. The van der Waals surface area contributed by atoms with E-state index in [-0.39, 0.29) is 4.68 Å². The van der Waals surface area contributed by atoms with Crippen LogP contribution in [0.2, 0.25) is 0 Å². The summed E-state index contributed by atoms with van der Waals surface area (Å²) in [5.41, 5.74) is -4.99. The number of benzene rings is 1. The van der Waals surface area contributed by atoms with Crippen LogP contribution in [-0.4, -0.2) is 22.0 Å². The van der Waals surface area contributed by atoms with Gasteiger partial charge in [-0.25, -0.2) is 27.0 Å². The maximum absolute atomic E-state index is 14.2. The molecule has 0 unspecified atom stereocenters. The van der Waals surface area contributed by atoms with Crippen LogP contribution in [0.5, 0.6) is 0 Å². The molecule has 13 heteroatoms. The monoisotopic (exact) mass is 410 g/mol. The number of hydrogen-bond acceptors (Lipinski definition) is 4. The predicted octanol–water partition coefficient (Wildman–Crippen LogP) is 4.28. The van der Waals surface area contributed by atoms with Crippen LogP contribution in [0.4, 0.5) is 41.3 Å². The Morgan fingerprint density at radius 3 is 2.14 bits per heavy atom. The number of ether oxygens (including phenoxy) is 1. The molecule has 0 aliphatic carbocycles. The first-order chi connectivity index (χ1) is 12.9. The second kappa shape index (κ2) is 7.37. The summed E-state index contributed by atoms with van der Waals surface area (Å²) in [6.07, 6.45) is -6.94. The largest absolute Gasteiger partial charge is 0.447 e. The van der Waals surface area contributed by atoms with E-state index >= 15 is 0 Å². The first-order valence-electron chi connectivity index (χ1n) is 7.29. The number of amides is 1. The number of aromatic nitrogens is 2. The number of hydrogen-bond donors (Lipinski definition) is 1. The zero-order valence-electron chi connectivity index (χ0n) is 14.0. The van der Waals surface area contributed by atoms with Gasteiger partial charge < -0.3 is 4.74 Å². The van der Waals surface area contributed by atoms with Crippen molar-refractivity contribution in [3.05, 3.63) is 40.6 Å². The van der Waals surface area contributed by atoms with Gasteiger partial charge in [-0.3, -0.25) is 5.32 Å². The fourth-order valence-electron chi connectivity index (χ4n) is 2.12. The van der Waals surface area contributed by atoms with Gasteiger partial charge in [0.1, 0.15) is 22.9 Å². The molecule has 0 radical (unpaired) electrons. The molecule has 2 rings (SSSR count). The minimum atomic E-state index is -5.72. The number of carbonyl (C=O) groups is 1. The third-order valence-corrected chi connectivity index (χ3v) is 3.19. The van der Waals surface area contributed by atoms with Crippen molar-refractivity contribution in [2.75, 3.05) is 5.32 Å². The minimum absolute atomic E-state index is 0.0388. The van der Waals surface area contributed by atoms with Crippen LogP contribution < -0.4 is 5.32 Å². The average Bonchev–Trinajstić information content (AvgIpc) is 2.94. The maximum Gasteiger partial charge on any atom is 0.422 e. The smallest absolute Gasteiger partial charge is 0.422 e. The Hall–Kier alpha value is -3.30. The molecular formula is C15H9F7N4O2. The first-order valence-corrected chi connectivity index (χ1v) is 7.29. The van der Waals surface area contributed by atoms with E-state index in [1.165, 1.54) is 19.9 Å². The molecule has 1 amide bonds. The van der Waals surface area contributed by atoms with E-state index in [4.69, 9.17) is 10.00 Å². The van der Waals surface area contributed by atoms with Crippen LogP contribution in [0.3, 0.4) is 0 Å². The molecule has 0 fully saturated rings. The van der Waals surface area contributed by atoms with Gasteiger partial charge in [0.25, 0.3) is 0 Å². The van der Waals surface area contributed by atoms with Gasteiger partial charge in [0.15, 0.2) is 29.1 Å². The van der Waals surface area contributed by atoms with Gasteiger partial charge in [0.05, 0.1) is 12.3 Å². The van der Waals surface area contributed by atoms with E-state index in [1.807, 2.05) is 5.32 Å². The minimum Gasteiger partial charge on any atom is -0.447 e. The van der Waals surface area contributed by atoms with Crippen LogP contribution in [0.15, 0.2) is 6.20 Å². The van der Waals surface area contributed by atoms with Crippen molar-refractivity contribution < 1.29 is 40.3 Å². The van der Waals surface area contributed by atoms with Crippen molar-refractivity contribution in [3.8, 4) is 11.8 Å². The summed E-state index contributed by atoms with van der Waals surface area (Å²) in [6.45, 7) is 2.89. The van der Waals surface area contributed by atoms with E-state index in [0.717, 1.165) is 0 Å². The zero-order valence-corrected chi connectivity index (χ0v) is 14.0. The SMILES string of the molecule is CC(C)OC(=O)Nc1c(C#N)cnn1-c1c(F)c(F)c(C(F)(F)F)c(F)c1F. The van der Waals surface area contributed by atoms with Gasteiger partial charge in [-0.05, 0) is 13.8 Å². The van der Waals surface area contributed by atoms with E-state index < -0.39 is 64.3 Å². The zero-order chi connectivity index (χ0) is 21.4. The van der Waals surface area contributed by atoms with Crippen LogP contribution in [0, 0.1) is 34.6 Å². The highest BCUT2D eigenvalue weighted by molar-refractivity contribution is 5.85. The fourth-order valence-corrected chi connectivity index (χ4v) is 2.12. The summed E-state index contributed by atoms with van der Waals surface area (Å²) in [7, 11) is 0. The number of rotatable bonds is 3. The Morgan fingerprint density at radius 1 is 1.18 bits per heavy atom. The van der Waals surface area contributed by atoms with Crippen LogP contribution in [0.1, 0.15) is 25.0 Å². The first kappa shape index (κ1) is 21.0. The number of nitriles is 1. The molecule has 0 bridgehead atoms. The van der Waals surface area contributed by atoms with Crippen molar-refractivity contribution in [1.29, 1.82) is 5.26 Å². The van der Waals surface area contributed by atoms with Crippen LogP contribution in [-0.2, 0) is 10.9 Å². The van der Waals surface area contributed by atoms with Crippen molar-refractivity contribution in [2.45, 2.75) is 26.1 Å². The summed E-state index contributed by atoms with van der Waals surface area (Å²) in [5.74, 6) is -11.1. The standard InChI is InChI=1S/C15H9F7N4O2/c1-5(2)28-14(27)25-13-6(3-23)4-24-26(13)12-10(18)8(16)7(15(20,21)22)9(17)11(12)19/h4-5H,1-2H3,(H,25,27). The highest BCUT2D eigenvalue weighted by Crippen LogP contribution is 2.38. The molecule has 2 aromatic rings. The molecule has 0 spiro atoms. The number of alkyl halides is 3. The molecule has 0 aliphatic heterocycles. The molecule has 1 N–H and O–H groups in total. The summed E-state index contributed by atoms with van der Waals surface area (Å²) in [5, 5.41) is 14.2. The molecule has 1 aromatic heterocycles. The van der Waals surface area contributed by atoms with Gasteiger partial charge in [0.2, 0.25) is 0 Å². The molecule has 1 aromatic carbocycles. The van der Waals surface area contributed by atoms with E-state index in [1.54, 1.807) is 0 Å². The van der Waals surface area contributed by atoms with E-state index in [9.17, 15) is 35.5 Å². The third-order valence-electron chi connectivity index (χ3n) is 3.19. The third kappa shape index (κ3) is 3.71. The molecule has 0 aliphatic rings. The number of nitrogens with zero attached hydrogens (tertiary/aromatic N) is 3. The molecule has 6 nitrogen and oxygen atoms in total. The second-order valence-corrected chi connectivity index (χ2v) is 5.49. The van der Waals surface area contributed by atoms with Gasteiger partial charge >= 0.3 is 12.3 Å². The lowest BCUT2D eigenvalue weighted by atomic mass is 10.1. The van der Waals surface area contributed by atoms with Gasteiger partial charge in [-0.1, -0.05) is 0 Å². The lowest BCUT2D eigenvalue weighted by Gasteiger charge is -2.16. The molecule has 1 heterocycles. The van der Waals surface area contributed by atoms with Gasteiger partial charge in [-0.15, -0.1) is 0 Å². The molecule has 0 atom stereocenters. The highest BCUT2D eigenvalue weighted by atomic mass is 19.4. The Labute approximate surface area is 152 Å². The number of halogens is 7. The molecule has 150 valence electrons. The Morgan fingerprint density at radius 2 is 1.71 bits per heavy atom. The lowest BCUT2D eigenvalue weighted by Crippen LogP contribution is -2.22. The highest BCUT2D eigenvalue weighted by Gasteiger charge is 2.43. The average molecular weight is 410 g/mol. The number of nitrogens with one attached hydrogen (secondary N) is 1. The quantitative estimate of drug-likeness (QED) is 0.605. The Bertz CT molecular complexity index is 947. The van der Waals surface area contributed by atoms with Crippen molar-refractivity contribution in [3.63, 3.8) is 0 Å². The lowest BCUT2D eigenvalue weighted by molar-refractivity contribution is -0.143. The van der Waals surface area contributed by atoms with Crippen molar-refractivity contribution in [2.24, 2.45) is 0 Å². The molecule has 28 heavy (non-hydrogen) atoms. The summed E-state index contributed by atoms with van der Waals surface area (Å²) < 4.78 is 98.8. The maximum atomic E-state index is 14.2. The number of carbonyl (C=O) groups excluding carboxylic acids is 1. The van der Waals surface area contributed by atoms with E-state index in [0.29, 0.717) is 6.20 Å². The number of anilines is 1.